The van der Waals surface area contributed by atoms with Gasteiger partial charge in [0, 0.05) is 45.3 Å². The average molecular weight is 241 g/mol. The van der Waals surface area contributed by atoms with E-state index in [2.05, 4.69) is 10.2 Å². The van der Waals surface area contributed by atoms with Crippen molar-refractivity contribution in [3.8, 4) is 0 Å². The van der Waals surface area contributed by atoms with Crippen LogP contribution in [0.1, 0.15) is 19.8 Å². The number of piperazine rings is 1. The van der Waals surface area contributed by atoms with Gasteiger partial charge in [0.2, 0.25) is 0 Å². The van der Waals surface area contributed by atoms with Crippen molar-refractivity contribution >= 4 is 6.09 Å². The van der Waals surface area contributed by atoms with E-state index in [9.17, 15) is 4.79 Å². The normalized spacial score (nSPS) is 21.6. The molecule has 1 saturated carbocycles. The van der Waals surface area contributed by atoms with Crippen molar-refractivity contribution in [1.82, 2.24) is 15.1 Å². The van der Waals surface area contributed by atoms with E-state index >= 15 is 0 Å². The highest BCUT2D eigenvalue weighted by Crippen LogP contribution is 2.18. The van der Waals surface area contributed by atoms with E-state index in [4.69, 9.17) is 4.74 Å². The number of nitrogens with one attached hydrogen (secondary N) is 1. The van der Waals surface area contributed by atoms with Crippen molar-refractivity contribution in [2.24, 2.45) is 0 Å². The van der Waals surface area contributed by atoms with E-state index in [1.165, 1.54) is 12.8 Å². The standard InChI is InChI=1S/C12H23N3O2/c1-2-17-12(16)15-9-7-14(8-10-15)6-5-13-11-3-4-11/h11,13H,2-10H2,1H3. The van der Waals surface area contributed by atoms with Gasteiger partial charge in [0.25, 0.3) is 0 Å². The van der Waals surface area contributed by atoms with Crippen LogP contribution in [0, 0.1) is 0 Å². The number of ether oxygens (including phenoxy) is 1. The molecule has 1 aliphatic carbocycles. The number of nitrogens with zero attached hydrogens (tertiary/aromatic N) is 2. The monoisotopic (exact) mass is 241 g/mol. The highest BCUT2D eigenvalue weighted by molar-refractivity contribution is 5.67. The summed E-state index contributed by atoms with van der Waals surface area (Å²) in [6.45, 7) is 7.99. The Kier molecular flexibility index (Phi) is 4.62. The molecule has 0 unspecified atom stereocenters. The van der Waals surface area contributed by atoms with Gasteiger partial charge < -0.3 is 15.0 Å². The van der Waals surface area contributed by atoms with E-state index in [0.717, 1.165) is 45.3 Å². The van der Waals surface area contributed by atoms with Crippen LogP contribution >= 0.6 is 0 Å². The summed E-state index contributed by atoms with van der Waals surface area (Å²) < 4.78 is 4.99. The van der Waals surface area contributed by atoms with Crippen LogP contribution in [-0.4, -0.2) is 67.8 Å². The number of amides is 1. The molecule has 1 aliphatic heterocycles. The average Bonchev–Trinajstić information content (AvgIpc) is 3.14. The fraction of sp³-hybridized carbons (Fsp3) is 0.917. The summed E-state index contributed by atoms with van der Waals surface area (Å²) >= 11 is 0. The molecule has 0 aromatic rings. The largest absolute Gasteiger partial charge is 0.450 e. The minimum atomic E-state index is -0.164. The van der Waals surface area contributed by atoms with E-state index in [1.54, 1.807) is 4.90 Å². The first-order valence-corrected chi connectivity index (χ1v) is 6.67. The minimum absolute atomic E-state index is 0.164. The predicted octanol–water partition coefficient (Wildman–Crippen LogP) is 0.513. The van der Waals surface area contributed by atoms with Crippen LogP contribution in [0.5, 0.6) is 0 Å². The summed E-state index contributed by atoms with van der Waals surface area (Å²) in [4.78, 5) is 15.7. The molecule has 0 bridgehead atoms. The summed E-state index contributed by atoms with van der Waals surface area (Å²) in [6, 6.07) is 0.788. The van der Waals surface area contributed by atoms with Crippen molar-refractivity contribution in [3.63, 3.8) is 0 Å². The van der Waals surface area contributed by atoms with Crippen LogP contribution in [0.15, 0.2) is 0 Å². The third kappa shape index (κ3) is 4.16. The topological polar surface area (TPSA) is 44.8 Å². The van der Waals surface area contributed by atoms with Crippen LogP contribution in [0.25, 0.3) is 0 Å². The van der Waals surface area contributed by atoms with E-state index in [1.807, 2.05) is 6.92 Å². The summed E-state index contributed by atoms with van der Waals surface area (Å²) in [5, 5.41) is 3.51. The van der Waals surface area contributed by atoms with Gasteiger partial charge in [-0.15, -0.1) is 0 Å². The quantitative estimate of drug-likeness (QED) is 0.762. The Hall–Kier alpha value is -0.810. The molecule has 2 rings (SSSR count). The zero-order valence-corrected chi connectivity index (χ0v) is 10.7. The predicted molar refractivity (Wildman–Crippen MR) is 66.1 cm³/mol. The summed E-state index contributed by atoms with van der Waals surface area (Å²) in [5.74, 6) is 0. The van der Waals surface area contributed by atoms with Crippen molar-refractivity contribution in [2.45, 2.75) is 25.8 Å². The Morgan fingerprint density at radius 2 is 2.00 bits per heavy atom. The second-order valence-electron chi connectivity index (χ2n) is 4.76. The molecule has 0 spiro atoms. The third-order valence-electron chi connectivity index (χ3n) is 3.34. The van der Waals surface area contributed by atoms with Gasteiger partial charge in [0.1, 0.15) is 0 Å². The summed E-state index contributed by atoms with van der Waals surface area (Å²) in [6.07, 6.45) is 2.52. The van der Waals surface area contributed by atoms with Crippen molar-refractivity contribution < 1.29 is 9.53 Å². The molecule has 0 aromatic heterocycles. The lowest BCUT2D eigenvalue weighted by Crippen LogP contribution is -2.50. The lowest BCUT2D eigenvalue weighted by atomic mass is 10.3. The maximum Gasteiger partial charge on any atom is 0.409 e. The number of rotatable bonds is 5. The van der Waals surface area contributed by atoms with E-state index in [0.29, 0.717) is 6.61 Å². The van der Waals surface area contributed by atoms with Crippen molar-refractivity contribution in [1.29, 1.82) is 0 Å². The lowest BCUT2D eigenvalue weighted by molar-refractivity contribution is 0.0799. The second-order valence-corrected chi connectivity index (χ2v) is 4.76. The van der Waals surface area contributed by atoms with Gasteiger partial charge >= 0.3 is 6.09 Å². The van der Waals surface area contributed by atoms with E-state index in [-0.39, 0.29) is 6.09 Å². The molecule has 1 N–H and O–H groups in total. The Labute approximate surface area is 103 Å². The Bertz CT molecular complexity index is 248. The van der Waals surface area contributed by atoms with E-state index < -0.39 is 0 Å². The highest BCUT2D eigenvalue weighted by atomic mass is 16.6. The molecule has 5 nitrogen and oxygen atoms in total. The second kappa shape index (κ2) is 6.21. The molecule has 2 aliphatic rings. The first kappa shape index (κ1) is 12.6. The Morgan fingerprint density at radius 1 is 1.29 bits per heavy atom. The molecule has 1 saturated heterocycles. The first-order chi connectivity index (χ1) is 8.29. The zero-order valence-electron chi connectivity index (χ0n) is 10.7. The van der Waals surface area contributed by atoms with Gasteiger partial charge in [-0.2, -0.15) is 0 Å². The Morgan fingerprint density at radius 3 is 2.59 bits per heavy atom. The molecule has 0 aromatic carbocycles. The SMILES string of the molecule is CCOC(=O)N1CCN(CCNC2CC2)CC1. The maximum absolute atomic E-state index is 11.5. The van der Waals surface area contributed by atoms with Gasteiger partial charge in [-0.3, -0.25) is 4.90 Å². The highest BCUT2D eigenvalue weighted by Gasteiger charge is 2.23. The first-order valence-electron chi connectivity index (χ1n) is 6.67. The summed E-state index contributed by atoms with van der Waals surface area (Å²) in [7, 11) is 0. The van der Waals surface area contributed by atoms with Crippen LogP contribution in [0.2, 0.25) is 0 Å². The smallest absolute Gasteiger partial charge is 0.409 e. The molecule has 0 radical (unpaired) electrons. The summed E-state index contributed by atoms with van der Waals surface area (Å²) in [5.41, 5.74) is 0. The van der Waals surface area contributed by atoms with Gasteiger partial charge in [-0.25, -0.2) is 4.79 Å². The van der Waals surface area contributed by atoms with Gasteiger partial charge in [-0.1, -0.05) is 0 Å². The number of carbonyl (C=O) groups is 1. The Balaban J connectivity index is 1.58. The van der Waals surface area contributed by atoms with Crippen LogP contribution in [0.3, 0.4) is 0 Å². The lowest BCUT2D eigenvalue weighted by Gasteiger charge is -2.34. The minimum Gasteiger partial charge on any atom is -0.450 e. The molecular weight excluding hydrogens is 218 g/mol. The number of hydrogen-bond acceptors (Lipinski definition) is 4. The molecule has 5 heteroatoms. The fourth-order valence-electron chi connectivity index (χ4n) is 2.08. The van der Waals surface area contributed by atoms with Crippen LogP contribution in [-0.2, 0) is 4.74 Å². The number of carbonyl (C=O) groups excluding carboxylic acids is 1. The maximum atomic E-state index is 11.5. The van der Waals surface area contributed by atoms with Crippen molar-refractivity contribution in [3.05, 3.63) is 0 Å². The molecule has 1 amide bonds. The fourth-order valence-corrected chi connectivity index (χ4v) is 2.08. The van der Waals surface area contributed by atoms with Gasteiger partial charge in [0.15, 0.2) is 0 Å². The van der Waals surface area contributed by atoms with Crippen LogP contribution < -0.4 is 5.32 Å². The third-order valence-corrected chi connectivity index (χ3v) is 3.34. The molecule has 17 heavy (non-hydrogen) atoms. The molecule has 0 atom stereocenters. The van der Waals surface area contributed by atoms with Gasteiger partial charge in [-0.05, 0) is 19.8 Å². The molecule has 2 fully saturated rings. The number of hydrogen-bond donors (Lipinski definition) is 1. The van der Waals surface area contributed by atoms with Crippen LogP contribution in [0.4, 0.5) is 4.79 Å². The van der Waals surface area contributed by atoms with Gasteiger partial charge in [0.05, 0.1) is 6.61 Å². The molecule has 1 heterocycles. The molecular formula is C12H23N3O2. The molecule has 98 valence electrons. The zero-order chi connectivity index (χ0) is 12.1. The van der Waals surface area contributed by atoms with Crippen molar-refractivity contribution in [2.75, 3.05) is 45.9 Å².